The van der Waals surface area contributed by atoms with Crippen LogP contribution in [0.5, 0.6) is 0 Å². The van der Waals surface area contributed by atoms with Gasteiger partial charge in [0.05, 0.1) is 5.56 Å². The van der Waals surface area contributed by atoms with Crippen LogP contribution in [-0.2, 0) is 0 Å². The van der Waals surface area contributed by atoms with E-state index in [9.17, 15) is 9.90 Å². The minimum Gasteiger partial charge on any atom is -0.396 e. The molecule has 1 amide bonds. The Morgan fingerprint density at radius 3 is 2.50 bits per heavy atom. The standard InChI is InChI=1S/C19H33N5O2/c1-4-19(5-2,9-13-25)15-24-18(21-6-3)23-12-11-22-17(26)16-8-7-10-20-14-16/h7-8,10,14,25H,4-6,9,11-13,15H2,1-3H3,(H,22,26)(H2,21,23,24). The summed E-state index contributed by atoms with van der Waals surface area (Å²) in [6, 6.07) is 3.47. The number of nitrogens with one attached hydrogen (secondary N) is 3. The average molecular weight is 364 g/mol. The van der Waals surface area contributed by atoms with Gasteiger partial charge in [0.25, 0.3) is 5.91 Å². The van der Waals surface area contributed by atoms with Crippen LogP contribution >= 0.6 is 0 Å². The van der Waals surface area contributed by atoms with E-state index in [0.29, 0.717) is 25.2 Å². The van der Waals surface area contributed by atoms with Crippen LogP contribution in [0.15, 0.2) is 29.5 Å². The summed E-state index contributed by atoms with van der Waals surface area (Å²) in [6.45, 7) is 8.97. The molecule has 0 fully saturated rings. The number of nitrogens with zero attached hydrogens (tertiary/aromatic N) is 2. The Morgan fingerprint density at radius 2 is 1.92 bits per heavy atom. The highest BCUT2D eigenvalue weighted by atomic mass is 16.3. The third kappa shape index (κ3) is 7.39. The smallest absolute Gasteiger partial charge is 0.252 e. The first kappa shape index (κ1) is 21.9. The molecular weight excluding hydrogens is 330 g/mol. The predicted molar refractivity (Wildman–Crippen MR) is 105 cm³/mol. The van der Waals surface area contributed by atoms with Crippen molar-refractivity contribution in [2.45, 2.75) is 40.0 Å². The minimum atomic E-state index is -0.138. The Labute approximate surface area is 156 Å². The number of aliphatic hydroxyl groups is 1. The van der Waals surface area contributed by atoms with Crippen molar-refractivity contribution in [3.63, 3.8) is 0 Å². The highest BCUT2D eigenvalue weighted by molar-refractivity contribution is 5.93. The normalized spacial score (nSPS) is 11.9. The fourth-order valence-corrected chi connectivity index (χ4v) is 2.69. The lowest BCUT2D eigenvalue weighted by atomic mass is 9.79. The molecule has 0 bridgehead atoms. The molecular formula is C19H33N5O2. The zero-order valence-electron chi connectivity index (χ0n) is 16.2. The van der Waals surface area contributed by atoms with E-state index in [4.69, 9.17) is 0 Å². The van der Waals surface area contributed by atoms with E-state index in [0.717, 1.165) is 31.8 Å². The van der Waals surface area contributed by atoms with Gasteiger partial charge in [-0.25, -0.2) is 0 Å². The molecule has 0 aliphatic heterocycles. The van der Waals surface area contributed by atoms with E-state index < -0.39 is 0 Å². The van der Waals surface area contributed by atoms with Crippen molar-refractivity contribution in [2.24, 2.45) is 10.4 Å². The molecule has 1 aromatic heterocycles. The average Bonchev–Trinajstić information content (AvgIpc) is 2.68. The van der Waals surface area contributed by atoms with Gasteiger partial charge in [-0.1, -0.05) is 13.8 Å². The second kappa shape index (κ2) is 12.2. The molecule has 26 heavy (non-hydrogen) atoms. The molecule has 0 aliphatic rings. The number of amides is 1. The Kier molecular flexibility index (Phi) is 10.3. The van der Waals surface area contributed by atoms with Crippen LogP contribution < -0.4 is 16.0 Å². The van der Waals surface area contributed by atoms with Crippen LogP contribution in [0.1, 0.15) is 50.4 Å². The molecule has 1 rings (SSSR count). The summed E-state index contributed by atoms with van der Waals surface area (Å²) in [6.07, 6.45) is 5.90. The molecule has 1 aromatic rings. The third-order valence-electron chi connectivity index (χ3n) is 4.69. The maximum Gasteiger partial charge on any atom is 0.252 e. The van der Waals surface area contributed by atoms with E-state index in [1.54, 1.807) is 24.5 Å². The molecule has 0 spiro atoms. The van der Waals surface area contributed by atoms with Crippen LogP contribution in [0, 0.1) is 5.41 Å². The predicted octanol–water partition coefficient (Wildman–Crippen LogP) is 1.56. The van der Waals surface area contributed by atoms with Gasteiger partial charge in [-0.3, -0.25) is 14.8 Å². The van der Waals surface area contributed by atoms with Crippen molar-refractivity contribution in [3.8, 4) is 0 Å². The summed E-state index contributed by atoms with van der Waals surface area (Å²) in [7, 11) is 0. The van der Waals surface area contributed by atoms with Gasteiger partial charge in [0.15, 0.2) is 5.96 Å². The van der Waals surface area contributed by atoms with Gasteiger partial charge in [-0.05, 0) is 43.7 Å². The van der Waals surface area contributed by atoms with Crippen LogP contribution in [-0.4, -0.2) is 54.7 Å². The highest BCUT2D eigenvalue weighted by Gasteiger charge is 2.25. The van der Waals surface area contributed by atoms with Crippen LogP contribution in [0.3, 0.4) is 0 Å². The molecule has 0 aromatic carbocycles. The first-order chi connectivity index (χ1) is 12.6. The Bertz CT molecular complexity index is 544. The van der Waals surface area contributed by atoms with E-state index in [-0.39, 0.29) is 17.9 Å². The Hall–Kier alpha value is -2.15. The Balaban J connectivity index is 2.50. The summed E-state index contributed by atoms with van der Waals surface area (Å²) in [5.41, 5.74) is 0.582. The van der Waals surface area contributed by atoms with Crippen LogP contribution in [0.2, 0.25) is 0 Å². The molecule has 0 aliphatic carbocycles. The van der Waals surface area contributed by atoms with Crippen LogP contribution in [0.4, 0.5) is 0 Å². The van der Waals surface area contributed by atoms with E-state index in [1.165, 1.54) is 0 Å². The third-order valence-corrected chi connectivity index (χ3v) is 4.69. The number of rotatable bonds is 11. The van der Waals surface area contributed by atoms with Crippen molar-refractivity contribution in [3.05, 3.63) is 30.1 Å². The lowest BCUT2D eigenvalue weighted by molar-refractivity contribution is 0.0954. The van der Waals surface area contributed by atoms with Gasteiger partial charge >= 0.3 is 0 Å². The molecule has 0 saturated heterocycles. The van der Waals surface area contributed by atoms with Gasteiger partial charge in [0.2, 0.25) is 0 Å². The minimum absolute atomic E-state index is 0.0334. The molecule has 0 saturated carbocycles. The molecule has 146 valence electrons. The zero-order valence-corrected chi connectivity index (χ0v) is 16.2. The van der Waals surface area contributed by atoms with Crippen molar-refractivity contribution >= 4 is 11.9 Å². The number of guanidine groups is 1. The number of aliphatic imine (C=N–C) groups is 1. The number of aromatic nitrogens is 1. The molecule has 0 radical (unpaired) electrons. The van der Waals surface area contributed by atoms with Crippen molar-refractivity contribution in [1.29, 1.82) is 0 Å². The number of hydrogen-bond donors (Lipinski definition) is 4. The SMILES string of the molecule is CCNC(=NCC(CC)(CC)CCO)NCCNC(=O)c1cccnc1. The quantitative estimate of drug-likeness (QED) is 0.272. The number of hydrogen-bond acceptors (Lipinski definition) is 4. The number of carbonyl (C=O) groups excluding carboxylic acids is 1. The molecule has 4 N–H and O–H groups in total. The lowest BCUT2D eigenvalue weighted by Gasteiger charge is -2.29. The fourth-order valence-electron chi connectivity index (χ4n) is 2.69. The van der Waals surface area contributed by atoms with Crippen molar-refractivity contribution in [1.82, 2.24) is 20.9 Å². The molecule has 1 heterocycles. The van der Waals surface area contributed by atoms with Gasteiger partial charge in [-0.15, -0.1) is 0 Å². The second-order valence-corrected chi connectivity index (χ2v) is 6.30. The maximum absolute atomic E-state index is 12.0. The fraction of sp³-hybridized carbons (Fsp3) is 0.632. The summed E-state index contributed by atoms with van der Waals surface area (Å²) < 4.78 is 0. The summed E-state index contributed by atoms with van der Waals surface area (Å²) >= 11 is 0. The first-order valence-electron chi connectivity index (χ1n) is 9.42. The number of aliphatic hydroxyl groups excluding tert-OH is 1. The summed E-state index contributed by atoms with van der Waals surface area (Å²) in [4.78, 5) is 20.6. The largest absolute Gasteiger partial charge is 0.396 e. The van der Waals surface area contributed by atoms with Crippen LogP contribution in [0.25, 0.3) is 0 Å². The van der Waals surface area contributed by atoms with Crippen molar-refractivity contribution in [2.75, 3.05) is 32.8 Å². The topological polar surface area (TPSA) is 98.6 Å². The van der Waals surface area contributed by atoms with E-state index >= 15 is 0 Å². The van der Waals surface area contributed by atoms with Gasteiger partial charge in [-0.2, -0.15) is 0 Å². The van der Waals surface area contributed by atoms with Crippen molar-refractivity contribution < 1.29 is 9.90 Å². The van der Waals surface area contributed by atoms with Gasteiger partial charge in [0, 0.05) is 45.2 Å². The molecule has 7 nitrogen and oxygen atoms in total. The van der Waals surface area contributed by atoms with Gasteiger partial charge < -0.3 is 21.1 Å². The first-order valence-corrected chi connectivity index (χ1v) is 9.42. The molecule has 0 unspecified atom stereocenters. The van der Waals surface area contributed by atoms with E-state index in [1.807, 2.05) is 6.92 Å². The highest BCUT2D eigenvalue weighted by Crippen LogP contribution is 2.30. The monoisotopic (exact) mass is 363 g/mol. The lowest BCUT2D eigenvalue weighted by Crippen LogP contribution is -2.42. The maximum atomic E-state index is 12.0. The number of pyridine rings is 1. The van der Waals surface area contributed by atoms with E-state index in [2.05, 4.69) is 39.8 Å². The number of carbonyl (C=O) groups is 1. The summed E-state index contributed by atoms with van der Waals surface area (Å²) in [5.74, 6) is 0.591. The Morgan fingerprint density at radius 1 is 1.19 bits per heavy atom. The molecule has 0 atom stereocenters. The second-order valence-electron chi connectivity index (χ2n) is 6.30. The zero-order chi connectivity index (χ0) is 19.3. The molecule has 7 heteroatoms. The summed E-state index contributed by atoms with van der Waals surface area (Å²) in [5, 5.41) is 18.6. The van der Waals surface area contributed by atoms with Gasteiger partial charge in [0.1, 0.15) is 0 Å².